The van der Waals surface area contributed by atoms with E-state index >= 15 is 8.78 Å². The topological polar surface area (TPSA) is 95.4 Å². The van der Waals surface area contributed by atoms with Crippen LogP contribution in [0.15, 0.2) is 73.1 Å². The maximum absolute atomic E-state index is 15.2. The predicted octanol–water partition coefficient (Wildman–Crippen LogP) is 8.55. The molecule has 5 aromatic rings. The molecule has 1 unspecified atom stereocenters. The highest BCUT2D eigenvalue weighted by atomic mass is 127. The maximum atomic E-state index is 15.2. The first-order chi connectivity index (χ1) is 20.3. The molecule has 2 aromatic heterocycles. The van der Waals surface area contributed by atoms with Gasteiger partial charge < -0.3 is 24.7 Å². The van der Waals surface area contributed by atoms with Gasteiger partial charge in [-0.3, -0.25) is 0 Å². The second kappa shape index (κ2) is 13.0. The molecule has 1 atom stereocenters. The van der Waals surface area contributed by atoms with Crippen molar-refractivity contribution in [2.24, 2.45) is 0 Å². The lowest BCUT2D eigenvalue weighted by Crippen LogP contribution is -2.03. The Morgan fingerprint density at radius 2 is 2.00 bits per heavy atom. The number of aromatic amines is 2. The van der Waals surface area contributed by atoms with Crippen LogP contribution in [0.4, 0.5) is 8.78 Å². The summed E-state index contributed by atoms with van der Waals surface area (Å²) in [6, 6.07) is 15.1. The third-order valence-corrected chi connectivity index (χ3v) is 7.51. The van der Waals surface area contributed by atoms with Crippen molar-refractivity contribution in [1.29, 1.82) is 0 Å². The van der Waals surface area contributed by atoms with E-state index < -0.39 is 17.6 Å². The molecule has 0 aliphatic carbocycles. The Hall–Kier alpha value is -4.50. The molecule has 5 rings (SSSR count). The third kappa shape index (κ3) is 6.52. The van der Waals surface area contributed by atoms with Gasteiger partial charge in [0.05, 0.1) is 5.56 Å². The van der Waals surface area contributed by atoms with Crippen molar-refractivity contribution in [1.82, 2.24) is 15.0 Å². The van der Waals surface area contributed by atoms with Crippen LogP contribution < -0.4 is 4.74 Å². The van der Waals surface area contributed by atoms with Gasteiger partial charge in [0, 0.05) is 62.6 Å². The van der Waals surface area contributed by atoms with Crippen LogP contribution in [0, 0.1) is 21.8 Å². The number of H-pyrrole nitrogens is 2. The summed E-state index contributed by atoms with van der Waals surface area (Å²) in [7, 11) is 0. The molecule has 0 fully saturated rings. The van der Waals surface area contributed by atoms with Crippen molar-refractivity contribution in [2.75, 3.05) is 6.54 Å². The summed E-state index contributed by atoms with van der Waals surface area (Å²) in [5.74, 6) is -2.22. The third-order valence-electron chi connectivity index (χ3n) is 6.84. The van der Waals surface area contributed by atoms with Crippen LogP contribution in [-0.2, 0) is 4.79 Å². The first-order valence-electron chi connectivity index (χ1n) is 13.2. The normalized spacial score (nSPS) is 12.0. The van der Waals surface area contributed by atoms with Crippen LogP contribution in [0.25, 0.3) is 33.2 Å². The lowest BCUT2D eigenvalue weighted by atomic mass is 9.91. The Morgan fingerprint density at radius 3 is 2.79 bits per heavy atom. The molecule has 0 radical (unpaired) electrons. The molecule has 0 bridgehead atoms. The highest BCUT2D eigenvalue weighted by Gasteiger charge is 2.20. The van der Waals surface area contributed by atoms with E-state index in [9.17, 15) is 4.79 Å². The van der Waals surface area contributed by atoms with Gasteiger partial charge in [-0.1, -0.05) is 12.1 Å². The van der Waals surface area contributed by atoms with Crippen molar-refractivity contribution >= 4 is 45.5 Å². The lowest BCUT2D eigenvalue weighted by Gasteiger charge is -2.16. The van der Waals surface area contributed by atoms with E-state index in [1.165, 1.54) is 30.3 Å². The molecule has 2 heterocycles. The number of rotatable bonds is 11. The number of benzene rings is 3. The number of hydrogen-bond donors (Lipinski definition) is 3. The molecule has 0 aliphatic heterocycles. The fourth-order valence-corrected chi connectivity index (χ4v) is 5.45. The smallest absolute Gasteiger partial charge is 0.328 e. The SMILES string of the molecule is [C-]#[N+]CCCCC(c1cccc(I)c1)c1cnc(-c2cc(Oc3c(F)cc4[nH]ccc4c3/C=C/C(=O)O)ccc2F)[nH]1. The van der Waals surface area contributed by atoms with Crippen molar-refractivity contribution in [3.63, 3.8) is 0 Å². The zero-order valence-electron chi connectivity index (χ0n) is 22.2. The molecule has 3 aromatic carbocycles. The molecular formula is C32H25F2IN4O3. The Balaban J connectivity index is 1.48. The van der Waals surface area contributed by atoms with Crippen LogP contribution in [0.1, 0.15) is 42.0 Å². The van der Waals surface area contributed by atoms with Gasteiger partial charge in [0.15, 0.2) is 11.6 Å². The second-order valence-corrected chi connectivity index (χ2v) is 10.9. The maximum Gasteiger partial charge on any atom is 0.328 e. The number of fused-ring (bicyclic) bond motifs is 1. The number of nitrogens with zero attached hydrogens (tertiary/aromatic N) is 2. The number of nitrogens with one attached hydrogen (secondary N) is 2. The number of carboxylic acid groups (broad SMARTS) is 1. The molecule has 7 nitrogen and oxygen atoms in total. The van der Waals surface area contributed by atoms with Gasteiger partial charge in [-0.15, -0.1) is 0 Å². The van der Waals surface area contributed by atoms with Crippen molar-refractivity contribution in [2.45, 2.75) is 25.2 Å². The number of imidazole rings is 1. The number of aliphatic carboxylic acids is 1. The second-order valence-electron chi connectivity index (χ2n) is 9.63. The van der Waals surface area contributed by atoms with Gasteiger partial charge in [-0.2, -0.15) is 0 Å². The Kier molecular flexibility index (Phi) is 8.97. The van der Waals surface area contributed by atoms with Gasteiger partial charge in [-0.25, -0.2) is 25.1 Å². The quantitative estimate of drug-likeness (QED) is 0.0565. The minimum atomic E-state index is -1.19. The molecule has 10 heteroatoms. The van der Waals surface area contributed by atoms with E-state index in [1.807, 2.05) is 18.2 Å². The molecule has 0 saturated heterocycles. The molecule has 42 heavy (non-hydrogen) atoms. The molecule has 0 aliphatic rings. The zero-order chi connectivity index (χ0) is 29.6. The van der Waals surface area contributed by atoms with E-state index in [-0.39, 0.29) is 34.4 Å². The fourth-order valence-electron chi connectivity index (χ4n) is 4.88. The average molecular weight is 678 g/mol. The fraction of sp³-hybridized carbons (Fsp3) is 0.156. The number of carbonyl (C=O) groups is 1. The average Bonchev–Trinajstić information content (AvgIpc) is 3.64. The largest absolute Gasteiger partial charge is 0.478 e. The highest BCUT2D eigenvalue weighted by Crippen LogP contribution is 2.37. The van der Waals surface area contributed by atoms with Crippen molar-refractivity contribution < 1.29 is 23.4 Å². The van der Waals surface area contributed by atoms with Gasteiger partial charge in [0.1, 0.15) is 17.4 Å². The van der Waals surface area contributed by atoms with Crippen LogP contribution in [-0.4, -0.2) is 32.6 Å². The zero-order valence-corrected chi connectivity index (χ0v) is 24.4. The molecule has 3 N–H and O–H groups in total. The van der Waals surface area contributed by atoms with E-state index in [2.05, 4.69) is 48.5 Å². The summed E-state index contributed by atoms with van der Waals surface area (Å²) in [5, 5.41) is 9.72. The summed E-state index contributed by atoms with van der Waals surface area (Å²) in [6.45, 7) is 7.52. The van der Waals surface area contributed by atoms with Gasteiger partial charge in [0.2, 0.25) is 6.54 Å². The number of aromatic nitrogens is 3. The van der Waals surface area contributed by atoms with Crippen molar-refractivity contribution in [3.8, 4) is 22.9 Å². The Labute approximate surface area is 254 Å². The van der Waals surface area contributed by atoms with Crippen LogP contribution >= 0.6 is 22.6 Å². The van der Waals surface area contributed by atoms with Crippen LogP contribution in [0.5, 0.6) is 11.5 Å². The van der Waals surface area contributed by atoms with E-state index in [4.69, 9.17) is 16.4 Å². The van der Waals surface area contributed by atoms with E-state index in [0.29, 0.717) is 17.4 Å². The number of unbranched alkanes of at least 4 members (excludes halogenated alkanes) is 1. The molecular weight excluding hydrogens is 653 g/mol. The lowest BCUT2D eigenvalue weighted by molar-refractivity contribution is -0.131. The standard InChI is InChI=1S/C32H25F2IN4O3/c1-36-13-3-2-7-22(19-5-4-6-20(35)15-19)29-18-38-32(39-29)25-16-21(8-10-26(25)33)42-31-24(9-11-30(40)41)23-12-14-37-28(23)17-27(31)34/h4-6,8-12,14-18,22,37H,2-3,7,13H2,(H,38,39)(H,40,41)/b11-9+. The summed E-state index contributed by atoms with van der Waals surface area (Å²) >= 11 is 2.27. The Bertz CT molecular complexity index is 1820. The summed E-state index contributed by atoms with van der Waals surface area (Å²) in [6.07, 6.45) is 7.90. The molecule has 0 saturated carbocycles. The minimum absolute atomic E-state index is 0.0278. The van der Waals surface area contributed by atoms with Gasteiger partial charge in [-0.05, 0) is 83.5 Å². The van der Waals surface area contributed by atoms with Gasteiger partial charge in [0.25, 0.3) is 0 Å². The summed E-state index contributed by atoms with van der Waals surface area (Å²) in [4.78, 5) is 25.3. The molecule has 0 amide bonds. The monoisotopic (exact) mass is 678 g/mol. The minimum Gasteiger partial charge on any atom is -0.478 e. The van der Waals surface area contributed by atoms with E-state index in [1.54, 1.807) is 18.5 Å². The van der Waals surface area contributed by atoms with E-state index in [0.717, 1.165) is 40.2 Å². The molecule has 0 spiro atoms. The van der Waals surface area contributed by atoms with Crippen LogP contribution in [0.2, 0.25) is 0 Å². The number of halogens is 3. The van der Waals surface area contributed by atoms with Crippen LogP contribution in [0.3, 0.4) is 0 Å². The summed E-state index contributed by atoms with van der Waals surface area (Å²) in [5.41, 5.74) is 2.75. The molecule has 212 valence electrons. The number of carboxylic acids is 1. The number of ether oxygens (including phenoxy) is 1. The Morgan fingerprint density at radius 1 is 1.14 bits per heavy atom. The first kappa shape index (κ1) is 29.0. The van der Waals surface area contributed by atoms with Gasteiger partial charge >= 0.3 is 5.97 Å². The predicted molar refractivity (Wildman–Crippen MR) is 165 cm³/mol. The first-order valence-corrected chi connectivity index (χ1v) is 14.2. The number of hydrogen-bond acceptors (Lipinski definition) is 3. The highest BCUT2D eigenvalue weighted by molar-refractivity contribution is 14.1. The summed E-state index contributed by atoms with van der Waals surface area (Å²) < 4.78 is 37.3. The van der Waals surface area contributed by atoms with Crippen molar-refractivity contribution in [3.05, 3.63) is 117 Å².